The Kier molecular flexibility index (Phi) is 6.48. The van der Waals surface area contributed by atoms with Gasteiger partial charge in [0.1, 0.15) is 6.04 Å². The molecule has 0 aromatic heterocycles. The van der Waals surface area contributed by atoms with Crippen LogP contribution in [0, 0.1) is 11.8 Å². The summed E-state index contributed by atoms with van der Waals surface area (Å²) >= 11 is 5.39. The fourth-order valence-electron chi connectivity index (χ4n) is 6.35. The molecule has 4 aliphatic rings. The summed E-state index contributed by atoms with van der Waals surface area (Å²) in [5.74, 6) is -1.60. The predicted octanol–water partition coefficient (Wildman–Crippen LogP) is 2.53. The highest BCUT2D eigenvalue weighted by Crippen LogP contribution is 2.67. The van der Waals surface area contributed by atoms with Crippen molar-refractivity contribution in [2.75, 3.05) is 18.5 Å². The molecule has 33 heavy (non-hydrogen) atoms. The van der Waals surface area contributed by atoms with Crippen molar-refractivity contribution in [3.63, 3.8) is 0 Å². The van der Waals surface area contributed by atoms with Crippen LogP contribution in [0.15, 0.2) is 30.3 Å². The third-order valence-electron chi connectivity index (χ3n) is 7.67. The monoisotopic (exact) mass is 535 g/mol. The number of carbonyl (C=O) groups is 3. The number of rotatable bonds is 6. The van der Waals surface area contributed by atoms with Crippen LogP contribution in [-0.2, 0) is 14.4 Å². The van der Waals surface area contributed by atoms with Crippen LogP contribution < -0.4 is 10.6 Å². The molecule has 0 radical (unpaired) electrons. The van der Waals surface area contributed by atoms with Crippen molar-refractivity contribution in [2.24, 2.45) is 11.8 Å². The number of nitrogens with zero attached hydrogens (tertiary/aromatic N) is 1. The predicted molar refractivity (Wildman–Crippen MR) is 131 cm³/mol. The first-order valence-electron chi connectivity index (χ1n) is 11.9. The fraction of sp³-hybridized carbons (Fsp3) is 0.625. The number of fused-ring (bicyclic) bond motifs is 1. The van der Waals surface area contributed by atoms with Crippen LogP contribution >= 0.6 is 27.7 Å². The second-order valence-electron chi connectivity index (χ2n) is 9.62. The Bertz CT molecular complexity index is 928. The first kappa shape index (κ1) is 23.2. The molecule has 7 nitrogen and oxygen atoms in total. The second kappa shape index (κ2) is 9.23. The van der Waals surface area contributed by atoms with Crippen LogP contribution in [0.2, 0.25) is 0 Å². The largest absolute Gasteiger partial charge is 0.395 e. The fourth-order valence-corrected chi connectivity index (χ4v) is 9.97. The summed E-state index contributed by atoms with van der Waals surface area (Å²) in [4.78, 5) is 42.3. The number of hydrogen-bond donors (Lipinski definition) is 3. The quantitative estimate of drug-likeness (QED) is 0.486. The molecule has 3 aliphatic heterocycles. The highest BCUT2D eigenvalue weighted by atomic mass is 79.9. The Morgan fingerprint density at radius 1 is 1.15 bits per heavy atom. The average Bonchev–Trinajstić information content (AvgIpc) is 3.39. The number of aliphatic hydroxyl groups is 1. The van der Waals surface area contributed by atoms with Gasteiger partial charge in [-0.2, -0.15) is 0 Å². The number of carbonyl (C=O) groups excluding carboxylic acids is 3. The lowest BCUT2D eigenvalue weighted by Crippen LogP contribution is -2.56. The highest BCUT2D eigenvalue weighted by Gasteiger charge is 2.75. The standard InChI is InChI=1S/C24H30BrN3O4S/c25-16-13-24-18(17(19(16)33-24)21(30)26-14-7-3-1-4-8-14)23(32)28(11-12-29)20(24)22(31)27-15-9-5-2-6-10-15/h1,3-4,7-8,15-20,29H,2,5-6,9-13H2,(H,26,30)(H,27,31)/t16?,17-,18+,19-,20?,24?/m1/s1. The van der Waals surface area contributed by atoms with E-state index in [1.54, 1.807) is 16.7 Å². The Hall–Kier alpha value is -1.58. The number of aliphatic hydroxyl groups excluding tert-OH is 1. The summed E-state index contributed by atoms with van der Waals surface area (Å²) in [6.07, 6.45) is 5.97. The molecule has 3 saturated heterocycles. The number of hydrogen-bond acceptors (Lipinski definition) is 5. The minimum Gasteiger partial charge on any atom is -0.395 e. The van der Waals surface area contributed by atoms with Crippen LogP contribution in [0.5, 0.6) is 0 Å². The van der Waals surface area contributed by atoms with E-state index in [0.29, 0.717) is 12.1 Å². The van der Waals surface area contributed by atoms with Crippen LogP contribution in [-0.4, -0.2) is 67.8 Å². The van der Waals surface area contributed by atoms with E-state index in [2.05, 4.69) is 26.6 Å². The Morgan fingerprint density at radius 2 is 1.88 bits per heavy atom. The molecule has 3 heterocycles. The Balaban J connectivity index is 1.45. The molecular weight excluding hydrogens is 506 g/mol. The van der Waals surface area contributed by atoms with Crippen LogP contribution in [0.25, 0.3) is 0 Å². The molecule has 9 heteroatoms. The van der Waals surface area contributed by atoms with E-state index in [0.717, 1.165) is 25.7 Å². The zero-order valence-corrected chi connectivity index (χ0v) is 20.8. The van der Waals surface area contributed by atoms with Crippen molar-refractivity contribution in [3.8, 4) is 0 Å². The summed E-state index contributed by atoms with van der Waals surface area (Å²) in [5, 5.41) is 15.8. The topological polar surface area (TPSA) is 98.7 Å². The van der Waals surface area contributed by atoms with Gasteiger partial charge in [-0.25, -0.2) is 0 Å². The molecule has 3 amide bonds. The third kappa shape index (κ3) is 3.90. The van der Waals surface area contributed by atoms with Gasteiger partial charge >= 0.3 is 0 Å². The van der Waals surface area contributed by atoms with E-state index in [-0.39, 0.29) is 47.0 Å². The highest BCUT2D eigenvalue weighted by molar-refractivity contribution is 9.09. The molecule has 6 atom stereocenters. The maximum absolute atomic E-state index is 13.7. The molecule has 178 valence electrons. The number of halogens is 1. The van der Waals surface area contributed by atoms with E-state index in [9.17, 15) is 19.5 Å². The van der Waals surface area contributed by atoms with Crippen LogP contribution in [0.4, 0.5) is 5.69 Å². The van der Waals surface area contributed by atoms with Gasteiger partial charge in [0, 0.05) is 28.4 Å². The van der Waals surface area contributed by atoms with Crippen molar-refractivity contribution in [1.82, 2.24) is 10.2 Å². The van der Waals surface area contributed by atoms with Gasteiger partial charge in [0.05, 0.1) is 23.2 Å². The van der Waals surface area contributed by atoms with Gasteiger partial charge < -0.3 is 20.6 Å². The van der Waals surface area contributed by atoms with Gasteiger partial charge in [-0.3, -0.25) is 14.4 Å². The van der Waals surface area contributed by atoms with Crippen molar-refractivity contribution >= 4 is 51.1 Å². The molecular formula is C24H30BrN3O4S. The summed E-state index contributed by atoms with van der Waals surface area (Å²) in [6, 6.07) is 8.71. The van der Waals surface area contributed by atoms with Crippen molar-refractivity contribution < 1.29 is 19.5 Å². The van der Waals surface area contributed by atoms with Crippen molar-refractivity contribution in [2.45, 2.75) is 65.4 Å². The van der Waals surface area contributed by atoms with Crippen molar-refractivity contribution in [3.05, 3.63) is 30.3 Å². The van der Waals surface area contributed by atoms with Gasteiger partial charge in [-0.1, -0.05) is 53.4 Å². The number of amides is 3. The van der Waals surface area contributed by atoms with Gasteiger partial charge in [0.15, 0.2) is 0 Å². The zero-order valence-electron chi connectivity index (χ0n) is 18.4. The number of β-amino-alcohol motifs (C(OH)–C–C–N with tert-alkyl or cyclic N) is 1. The zero-order chi connectivity index (χ0) is 23.2. The number of nitrogens with one attached hydrogen (secondary N) is 2. The minimum absolute atomic E-state index is 0.0390. The van der Waals surface area contributed by atoms with Gasteiger partial charge in [0.25, 0.3) is 0 Å². The Morgan fingerprint density at radius 3 is 2.58 bits per heavy atom. The number of thioether (sulfide) groups is 1. The first-order chi connectivity index (χ1) is 16.0. The first-order valence-corrected chi connectivity index (χ1v) is 13.7. The molecule has 4 fully saturated rings. The van der Waals surface area contributed by atoms with Crippen LogP contribution in [0.1, 0.15) is 38.5 Å². The molecule has 1 saturated carbocycles. The van der Waals surface area contributed by atoms with Gasteiger partial charge in [-0.05, 0) is 31.4 Å². The van der Waals surface area contributed by atoms with E-state index >= 15 is 0 Å². The molecule has 2 bridgehead atoms. The number of alkyl halides is 1. The SMILES string of the molecule is O=C(NC1CCCCC1)C1N(CCO)C(=O)[C@@H]2[C@@H](C(=O)Nc3ccccc3)[C@@H]3SC12CC3Br. The van der Waals surface area contributed by atoms with E-state index < -0.39 is 22.6 Å². The van der Waals surface area contributed by atoms with E-state index in [1.807, 2.05) is 30.3 Å². The third-order valence-corrected chi connectivity index (χ3v) is 10.9. The molecule has 3 unspecified atom stereocenters. The summed E-state index contributed by atoms with van der Waals surface area (Å²) in [7, 11) is 0. The average molecular weight is 536 g/mol. The molecule has 1 aromatic rings. The smallest absolute Gasteiger partial charge is 0.244 e. The second-order valence-corrected chi connectivity index (χ2v) is 12.3. The molecule has 1 spiro atoms. The Labute approximate surface area is 206 Å². The van der Waals surface area contributed by atoms with Gasteiger partial charge in [0.2, 0.25) is 17.7 Å². The van der Waals surface area contributed by atoms with Crippen molar-refractivity contribution in [1.29, 1.82) is 0 Å². The number of benzene rings is 1. The minimum atomic E-state index is -0.673. The number of anilines is 1. The number of likely N-dealkylation sites (tertiary alicyclic amines) is 1. The molecule has 5 rings (SSSR count). The maximum atomic E-state index is 13.7. The molecule has 1 aliphatic carbocycles. The van der Waals surface area contributed by atoms with Crippen LogP contribution in [0.3, 0.4) is 0 Å². The van der Waals surface area contributed by atoms with Gasteiger partial charge in [-0.15, -0.1) is 11.8 Å². The lowest BCUT2D eigenvalue weighted by molar-refractivity contribution is -0.139. The normalized spacial score (nSPS) is 35.5. The lowest BCUT2D eigenvalue weighted by atomic mass is 9.70. The molecule has 1 aromatic carbocycles. The number of para-hydroxylation sites is 1. The maximum Gasteiger partial charge on any atom is 0.244 e. The summed E-state index contributed by atoms with van der Waals surface area (Å²) in [5.41, 5.74) is 0.694. The summed E-state index contributed by atoms with van der Waals surface area (Å²) in [6.45, 7) is -0.112. The molecule has 3 N–H and O–H groups in total. The van der Waals surface area contributed by atoms with E-state index in [1.165, 1.54) is 6.42 Å². The van der Waals surface area contributed by atoms with E-state index in [4.69, 9.17) is 0 Å². The lowest BCUT2D eigenvalue weighted by Gasteiger charge is -2.36. The summed E-state index contributed by atoms with van der Waals surface area (Å²) < 4.78 is -0.664.